The van der Waals surface area contributed by atoms with E-state index >= 15 is 0 Å². The predicted octanol–water partition coefficient (Wildman–Crippen LogP) is 3.77. The highest BCUT2D eigenvalue weighted by atomic mass is 16.6. The summed E-state index contributed by atoms with van der Waals surface area (Å²) < 4.78 is 5.30. The minimum atomic E-state index is -0.424. The van der Waals surface area contributed by atoms with Crippen molar-refractivity contribution in [3.8, 4) is 0 Å². The summed E-state index contributed by atoms with van der Waals surface area (Å²) in [4.78, 5) is 11.7. The van der Waals surface area contributed by atoms with Crippen molar-refractivity contribution in [3.05, 3.63) is 11.6 Å². The molecule has 2 aliphatic carbocycles. The summed E-state index contributed by atoms with van der Waals surface area (Å²) in [6.45, 7) is 7.47. The fourth-order valence-electron chi connectivity index (χ4n) is 3.46. The van der Waals surface area contributed by atoms with Gasteiger partial charge in [-0.05, 0) is 71.8 Å². The zero-order chi connectivity index (χ0) is 16.0. The molecule has 2 atom stereocenters. The molecule has 0 aliphatic heterocycles. The van der Waals surface area contributed by atoms with Gasteiger partial charge >= 0.3 is 6.09 Å². The Kier molecular flexibility index (Phi) is 6.30. The van der Waals surface area contributed by atoms with Crippen molar-refractivity contribution >= 4 is 6.09 Å². The van der Waals surface area contributed by atoms with Crippen molar-refractivity contribution in [2.45, 2.75) is 77.4 Å². The summed E-state index contributed by atoms with van der Waals surface area (Å²) in [5, 5.41) is 6.63. The quantitative estimate of drug-likeness (QED) is 0.734. The average Bonchev–Trinajstić information content (AvgIpc) is 3.06. The number of amides is 1. The Labute approximate surface area is 135 Å². The number of allylic oxidation sites excluding steroid dienone is 1. The van der Waals surface area contributed by atoms with Crippen LogP contribution in [0, 0.1) is 5.92 Å². The molecule has 4 nitrogen and oxygen atoms in total. The number of rotatable bonds is 6. The Hall–Kier alpha value is -1.03. The standard InChI is InChI=1S/C18H32N2O2/c1-18(2,3)22-17(21)20-13-15-9-6-10-16(15)19-12-11-14-7-4-5-8-14/h7,15-16,19H,4-6,8-13H2,1-3H3,(H,20,21). The molecule has 0 saturated heterocycles. The number of nitrogens with one attached hydrogen (secondary N) is 2. The van der Waals surface area contributed by atoms with Gasteiger partial charge in [-0.3, -0.25) is 0 Å². The van der Waals surface area contributed by atoms with Crippen LogP contribution in [-0.4, -0.2) is 30.8 Å². The summed E-state index contributed by atoms with van der Waals surface area (Å²) in [6.07, 6.45) is 10.8. The molecule has 0 aromatic carbocycles. The summed E-state index contributed by atoms with van der Waals surface area (Å²) in [5.74, 6) is 0.532. The predicted molar refractivity (Wildman–Crippen MR) is 89.9 cm³/mol. The third-order valence-corrected chi connectivity index (χ3v) is 4.55. The van der Waals surface area contributed by atoms with Gasteiger partial charge in [0.05, 0.1) is 0 Å². The van der Waals surface area contributed by atoms with Crippen LogP contribution in [0.3, 0.4) is 0 Å². The lowest BCUT2D eigenvalue weighted by molar-refractivity contribution is 0.0517. The van der Waals surface area contributed by atoms with Gasteiger partial charge in [-0.1, -0.05) is 18.1 Å². The Morgan fingerprint density at radius 2 is 2.14 bits per heavy atom. The van der Waals surface area contributed by atoms with Gasteiger partial charge in [-0.25, -0.2) is 4.79 Å². The monoisotopic (exact) mass is 308 g/mol. The van der Waals surface area contributed by atoms with Crippen LogP contribution in [-0.2, 0) is 4.74 Å². The number of hydrogen-bond acceptors (Lipinski definition) is 3. The van der Waals surface area contributed by atoms with Crippen molar-refractivity contribution in [1.29, 1.82) is 0 Å². The van der Waals surface area contributed by atoms with Crippen LogP contribution in [0.4, 0.5) is 4.79 Å². The SMILES string of the molecule is CC(C)(C)OC(=O)NCC1CCCC1NCCC1=CCCC1. The van der Waals surface area contributed by atoms with Gasteiger partial charge < -0.3 is 15.4 Å². The van der Waals surface area contributed by atoms with E-state index in [9.17, 15) is 4.79 Å². The van der Waals surface area contributed by atoms with E-state index in [0.29, 0.717) is 12.0 Å². The lowest BCUT2D eigenvalue weighted by atomic mass is 10.0. The average molecular weight is 308 g/mol. The minimum Gasteiger partial charge on any atom is -0.444 e. The maximum atomic E-state index is 11.7. The molecule has 126 valence electrons. The van der Waals surface area contributed by atoms with Crippen LogP contribution >= 0.6 is 0 Å². The van der Waals surface area contributed by atoms with Crippen molar-refractivity contribution < 1.29 is 9.53 Å². The van der Waals surface area contributed by atoms with E-state index in [0.717, 1.165) is 13.1 Å². The molecule has 2 N–H and O–H groups in total. The van der Waals surface area contributed by atoms with Crippen LogP contribution in [0.2, 0.25) is 0 Å². The first-order valence-corrected chi connectivity index (χ1v) is 8.82. The number of carbonyl (C=O) groups is 1. The molecule has 1 saturated carbocycles. The van der Waals surface area contributed by atoms with Crippen molar-refractivity contribution in [3.63, 3.8) is 0 Å². The Morgan fingerprint density at radius 3 is 2.82 bits per heavy atom. The lowest BCUT2D eigenvalue weighted by Gasteiger charge is -2.24. The molecule has 0 radical (unpaired) electrons. The van der Waals surface area contributed by atoms with Gasteiger partial charge in [-0.2, -0.15) is 0 Å². The van der Waals surface area contributed by atoms with Gasteiger partial charge in [0.2, 0.25) is 0 Å². The normalized spacial score (nSPS) is 25.1. The van der Waals surface area contributed by atoms with Gasteiger partial charge in [0.15, 0.2) is 0 Å². The fraction of sp³-hybridized carbons (Fsp3) is 0.833. The second-order valence-electron chi connectivity index (χ2n) is 7.64. The van der Waals surface area contributed by atoms with E-state index in [1.165, 1.54) is 44.9 Å². The van der Waals surface area contributed by atoms with Crippen LogP contribution in [0.25, 0.3) is 0 Å². The summed E-state index contributed by atoms with van der Waals surface area (Å²) in [6, 6.07) is 0.539. The van der Waals surface area contributed by atoms with E-state index in [-0.39, 0.29) is 6.09 Å². The Balaban J connectivity index is 1.65. The van der Waals surface area contributed by atoms with Gasteiger partial charge in [0.1, 0.15) is 5.60 Å². The molecule has 1 fully saturated rings. The Morgan fingerprint density at radius 1 is 1.32 bits per heavy atom. The number of carbonyl (C=O) groups excluding carboxylic acids is 1. The lowest BCUT2D eigenvalue weighted by Crippen LogP contribution is -2.41. The van der Waals surface area contributed by atoms with E-state index in [4.69, 9.17) is 4.74 Å². The second kappa shape index (κ2) is 8.00. The minimum absolute atomic E-state index is 0.297. The molecule has 22 heavy (non-hydrogen) atoms. The maximum absolute atomic E-state index is 11.7. The van der Waals surface area contributed by atoms with Crippen molar-refractivity contribution in [2.75, 3.05) is 13.1 Å². The molecule has 0 heterocycles. The fourth-order valence-corrected chi connectivity index (χ4v) is 3.46. The first-order chi connectivity index (χ1) is 10.4. The van der Waals surface area contributed by atoms with Crippen LogP contribution in [0.1, 0.15) is 65.7 Å². The molecule has 0 bridgehead atoms. The molecule has 0 spiro atoms. The number of ether oxygens (including phenoxy) is 1. The molecule has 2 rings (SSSR count). The van der Waals surface area contributed by atoms with Gasteiger partial charge in [0, 0.05) is 12.6 Å². The summed E-state index contributed by atoms with van der Waals surface area (Å²) in [5.41, 5.74) is 1.20. The molecule has 1 amide bonds. The summed E-state index contributed by atoms with van der Waals surface area (Å²) in [7, 11) is 0. The molecule has 4 heteroatoms. The van der Waals surface area contributed by atoms with E-state index in [1.807, 2.05) is 20.8 Å². The topological polar surface area (TPSA) is 50.4 Å². The van der Waals surface area contributed by atoms with Crippen molar-refractivity contribution in [1.82, 2.24) is 10.6 Å². The molecule has 2 unspecified atom stereocenters. The molecule has 0 aromatic rings. The first kappa shape index (κ1) is 17.3. The molecular formula is C18H32N2O2. The highest BCUT2D eigenvalue weighted by Crippen LogP contribution is 2.26. The van der Waals surface area contributed by atoms with Crippen LogP contribution < -0.4 is 10.6 Å². The van der Waals surface area contributed by atoms with E-state index < -0.39 is 5.60 Å². The van der Waals surface area contributed by atoms with Crippen molar-refractivity contribution in [2.24, 2.45) is 5.92 Å². The van der Waals surface area contributed by atoms with E-state index in [1.54, 1.807) is 5.57 Å². The zero-order valence-electron chi connectivity index (χ0n) is 14.4. The number of alkyl carbamates (subject to hydrolysis) is 1. The van der Waals surface area contributed by atoms with Gasteiger partial charge in [-0.15, -0.1) is 0 Å². The van der Waals surface area contributed by atoms with Gasteiger partial charge in [0.25, 0.3) is 0 Å². The van der Waals surface area contributed by atoms with E-state index in [2.05, 4.69) is 16.7 Å². The van der Waals surface area contributed by atoms with Crippen LogP contribution in [0.5, 0.6) is 0 Å². The molecule has 0 aromatic heterocycles. The molecule has 2 aliphatic rings. The smallest absolute Gasteiger partial charge is 0.407 e. The largest absolute Gasteiger partial charge is 0.444 e. The van der Waals surface area contributed by atoms with Crippen LogP contribution in [0.15, 0.2) is 11.6 Å². The zero-order valence-corrected chi connectivity index (χ0v) is 14.4. The third-order valence-electron chi connectivity index (χ3n) is 4.55. The highest BCUT2D eigenvalue weighted by Gasteiger charge is 2.27. The highest BCUT2D eigenvalue weighted by molar-refractivity contribution is 5.67. The molecular weight excluding hydrogens is 276 g/mol. The second-order valence-corrected chi connectivity index (χ2v) is 7.64. The number of hydrogen-bond donors (Lipinski definition) is 2. The first-order valence-electron chi connectivity index (χ1n) is 8.82. The third kappa shape index (κ3) is 5.99. The summed E-state index contributed by atoms with van der Waals surface area (Å²) >= 11 is 0. The maximum Gasteiger partial charge on any atom is 0.407 e. The Bertz CT molecular complexity index is 398.